The maximum absolute atomic E-state index is 14.7. The standard InChI is InChI=1S/C48H39N3.C46H35N3.C42H25F2N3/c1-30(2)32-25-33(31(3)4)27-36(26-32)51-47-23-21-34(49-43-17-9-5-13-37(43)38-14-6-10-18-44(38)49)28-41(47)42-29-35(22-24-48(42)51)50-45-19-11-7-15-39(45)40-16-8-12-20-46(40)50;1-46(2,3)30-20-22-31(23-21-30)47-44-26-24-32(48-40-16-8-4-12-34(40)35-13-5-9-17-41(35)48)28-38(44)39-29-33(25-27-45(39)47)49-42-18-10-6-14-36(42)37-15-7-11-19-43(37)49;43-26-21-27(44)23-30(22-26)47-41-19-17-28(45-37-13-5-1-9-31(37)32-10-2-6-14-38(32)45)24-35(41)36-25-29(18-20-42(36)47)46-39-15-7-3-11-33(39)34-12-4-8-16-40(34)46/h5-31H,1-4H3;4-29H,1-3H3;1-25H. The topological polar surface area (TPSA) is 44.4 Å². The van der Waals surface area contributed by atoms with Crippen molar-refractivity contribution in [3.05, 3.63) is 489 Å². The molecule has 30 aromatic rings. The van der Waals surface area contributed by atoms with Crippen LogP contribution in [-0.4, -0.2) is 41.1 Å². The van der Waals surface area contributed by atoms with E-state index in [1.54, 1.807) is 0 Å². The predicted octanol–water partition coefficient (Wildman–Crippen LogP) is 36.8. The van der Waals surface area contributed by atoms with E-state index in [2.05, 4.69) is 528 Å². The van der Waals surface area contributed by atoms with Crippen LogP contribution in [0.25, 0.3) is 247 Å². The van der Waals surface area contributed by atoms with Crippen LogP contribution in [0.2, 0.25) is 0 Å². The minimum atomic E-state index is -0.612. The van der Waals surface area contributed by atoms with Gasteiger partial charge in [-0.1, -0.05) is 285 Å². The van der Waals surface area contributed by atoms with Gasteiger partial charge in [0.15, 0.2) is 0 Å². The number of fused-ring (bicyclic) bond motifs is 27. The Bertz CT molecular complexity index is 9810. The van der Waals surface area contributed by atoms with Gasteiger partial charge < -0.3 is 41.1 Å². The van der Waals surface area contributed by atoms with Crippen LogP contribution in [0.1, 0.15) is 77.0 Å². The quantitative estimate of drug-likeness (QED) is 0.124. The fourth-order valence-corrected chi connectivity index (χ4v) is 24.1. The highest BCUT2D eigenvalue weighted by atomic mass is 19.1. The van der Waals surface area contributed by atoms with Crippen molar-refractivity contribution in [3.63, 3.8) is 0 Å². The van der Waals surface area contributed by atoms with Crippen LogP contribution in [0, 0.1) is 11.6 Å². The lowest BCUT2D eigenvalue weighted by atomic mass is 9.87. The smallest absolute Gasteiger partial charge is 0.128 e. The summed E-state index contributed by atoms with van der Waals surface area (Å²) >= 11 is 0. The van der Waals surface area contributed by atoms with E-state index < -0.39 is 11.6 Å². The van der Waals surface area contributed by atoms with Crippen molar-refractivity contribution >= 4 is 196 Å². The first-order valence-electron chi connectivity index (χ1n) is 50.9. The molecule has 0 aliphatic carbocycles. The Balaban J connectivity index is 0.000000107. The number of nitrogens with zero attached hydrogens (tertiary/aromatic N) is 9. The van der Waals surface area contributed by atoms with E-state index in [-0.39, 0.29) is 5.41 Å². The number of para-hydroxylation sites is 12. The highest BCUT2D eigenvalue weighted by molar-refractivity contribution is 6.20. The monoisotopic (exact) mass is 1900 g/mol. The molecule has 0 bridgehead atoms. The molecule has 0 fully saturated rings. The van der Waals surface area contributed by atoms with Crippen molar-refractivity contribution in [1.29, 1.82) is 0 Å². The Kier molecular flexibility index (Phi) is 19.8. The zero-order valence-electron chi connectivity index (χ0n) is 82.3. The zero-order valence-corrected chi connectivity index (χ0v) is 82.3. The largest absolute Gasteiger partial charge is 0.309 e. The van der Waals surface area contributed by atoms with Gasteiger partial charge in [-0.15, -0.1) is 0 Å². The molecule has 702 valence electrons. The first-order valence-corrected chi connectivity index (χ1v) is 50.9. The third kappa shape index (κ3) is 13.7. The number of aromatic nitrogens is 9. The highest BCUT2D eigenvalue weighted by Gasteiger charge is 2.27. The van der Waals surface area contributed by atoms with Gasteiger partial charge >= 0.3 is 0 Å². The summed E-state index contributed by atoms with van der Waals surface area (Å²) < 4.78 is 50.5. The van der Waals surface area contributed by atoms with Crippen LogP contribution >= 0.6 is 0 Å². The number of rotatable bonds is 11. The van der Waals surface area contributed by atoms with Crippen molar-refractivity contribution in [3.8, 4) is 51.2 Å². The van der Waals surface area contributed by atoms with Crippen molar-refractivity contribution in [1.82, 2.24) is 41.1 Å². The van der Waals surface area contributed by atoms with E-state index in [1.165, 1.54) is 204 Å². The van der Waals surface area contributed by atoms with E-state index in [1.807, 2.05) is 4.57 Å². The first kappa shape index (κ1) is 86.6. The molecule has 21 aromatic carbocycles. The van der Waals surface area contributed by atoms with E-state index >= 15 is 0 Å². The summed E-state index contributed by atoms with van der Waals surface area (Å²) in [4.78, 5) is 0. The molecule has 0 radical (unpaired) electrons. The van der Waals surface area contributed by atoms with Crippen LogP contribution in [0.15, 0.2) is 461 Å². The van der Waals surface area contributed by atoms with Crippen molar-refractivity contribution in [2.45, 2.75) is 65.7 Å². The molecule has 9 aromatic heterocycles. The molecule has 30 rings (SSSR count). The van der Waals surface area contributed by atoms with Gasteiger partial charge in [-0.3, -0.25) is 0 Å². The average molecular weight is 1900 g/mol. The lowest BCUT2D eigenvalue weighted by molar-refractivity contribution is 0.582. The molecule has 0 N–H and O–H groups in total. The summed E-state index contributed by atoms with van der Waals surface area (Å²) in [6, 6.07) is 165. The third-order valence-corrected chi connectivity index (χ3v) is 30.9. The Morgan fingerprint density at radius 3 is 0.490 bits per heavy atom. The molecule has 0 aliphatic rings. The SMILES string of the molecule is CC(C)(C)c1ccc(-n2c3ccc(-n4c5ccccc5c5ccccc54)cc3c3cc(-n4c5ccccc5c5ccccc54)ccc32)cc1.CC(C)c1cc(C(C)C)cc(-n2c3ccc(-n4c5ccccc5c5ccccc54)cc3c3cc(-n4c5ccccc5c5ccccc54)ccc32)c1.Fc1cc(F)cc(-n2c3ccc(-n4c5ccccc5c5ccccc54)cc3c3cc(-n4c5ccccc5c5ccccc54)ccc32)c1. The molecule has 0 spiro atoms. The second-order valence-electron chi connectivity index (χ2n) is 41.0. The molecule has 9 nitrogen and oxygen atoms in total. The first-order chi connectivity index (χ1) is 72.0. The minimum Gasteiger partial charge on any atom is -0.309 e. The molecule has 9 heterocycles. The minimum absolute atomic E-state index is 0.0911. The molecule has 0 saturated carbocycles. The lowest BCUT2D eigenvalue weighted by Gasteiger charge is -2.19. The van der Waals surface area contributed by atoms with E-state index in [4.69, 9.17) is 0 Å². The number of hydrogen-bond acceptors (Lipinski definition) is 0. The number of hydrogen-bond donors (Lipinski definition) is 0. The molecule has 147 heavy (non-hydrogen) atoms. The second kappa shape index (κ2) is 33.7. The molecule has 0 atom stereocenters. The normalized spacial score (nSPS) is 12.2. The van der Waals surface area contributed by atoms with Gasteiger partial charge in [-0.05, 0) is 252 Å². The van der Waals surface area contributed by atoms with E-state index in [0.29, 0.717) is 17.5 Å². The molecule has 0 amide bonds. The van der Waals surface area contributed by atoms with Gasteiger partial charge in [-0.25, -0.2) is 8.78 Å². The second-order valence-corrected chi connectivity index (χ2v) is 41.0. The van der Waals surface area contributed by atoms with Crippen molar-refractivity contribution in [2.75, 3.05) is 0 Å². The molecule has 0 unspecified atom stereocenters. The highest BCUT2D eigenvalue weighted by Crippen LogP contribution is 2.47. The van der Waals surface area contributed by atoms with Gasteiger partial charge in [0.05, 0.1) is 105 Å². The Morgan fingerprint density at radius 1 is 0.150 bits per heavy atom. The predicted molar refractivity (Wildman–Crippen MR) is 615 cm³/mol. The summed E-state index contributed by atoms with van der Waals surface area (Å²) in [5, 5.41) is 21.9. The van der Waals surface area contributed by atoms with Crippen LogP contribution in [0.5, 0.6) is 0 Å². The third-order valence-electron chi connectivity index (χ3n) is 30.9. The summed E-state index contributed by atoms with van der Waals surface area (Å²) in [5.74, 6) is -0.365. The molecule has 11 heteroatoms. The van der Waals surface area contributed by atoms with E-state index in [0.717, 1.165) is 72.7 Å². The van der Waals surface area contributed by atoms with Gasteiger partial charge in [0.2, 0.25) is 0 Å². The lowest BCUT2D eigenvalue weighted by Crippen LogP contribution is -2.10. The van der Waals surface area contributed by atoms with Crippen LogP contribution in [0.3, 0.4) is 0 Å². The fraction of sp³-hybridized carbons (Fsp3) is 0.0735. The molecule has 0 aliphatic heterocycles. The maximum Gasteiger partial charge on any atom is 0.128 e. The Morgan fingerprint density at radius 2 is 0.306 bits per heavy atom. The van der Waals surface area contributed by atoms with Crippen molar-refractivity contribution in [2.24, 2.45) is 0 Å². The van der Waals surface area contributed by atoms with Crippen molar-refractivity contribution < 1.29 is 8.78 Å². The van der Waals surface area contributed by atoms with Gasteiger partial charge in [0.25, 0.3) is 0 Å². The Labute approximate surface area is 846 Å². The maximum atomic E-state index is 14.7. The summed E-state index contributed by atoms with van der Waals surface area (Å²) in [7, 11) is 0. The number of benzene rings is 21. The summed E-state index contributed by atoms with van der Waals surface area (Å²) in [6.07, 6.45) is 0. The summed E-state index contributed by atoms with van der Waals surface area (Å²) in [6.45, 7) is 16.0. The Hall–Kier alpha value is -18.3. The molecular weight excluding hydrogens is 1800 g/mol. The van der Waals surface area contributed by atoms with Crippen LogP contribution in [0.4, 0.5) is 8.78 Å². The number of halogens is 2. The molecular formula is C136H99F2N9. The van der Waals surface area contributed by atoms with Gasteiger partial charge in [-0.2, -0.15) is 0 Å². The van der Waals surface area contributed by atoms with E-state index in [9.17, 15) is 8.78 Å². The zero-order chi connectivity index (χ0) is 98.5. The molecule has 0 saturated heterocycles. The van der Waals surface area contributed by atoms with Gasteiger partial charge in [0, 0.05) is 149 Å². The van der Waals surface area contributed by atoms with Crippen LogP contribution in [-0.2, 0) is 5.41 Å². The van der Waals surface area contributed by atoms with Gasteiger partial charge in [0.1, 0.15) is 11.6 Å². The van der Waals surface area contributed by atoms with Crippen LogP contribution < -0.4 is 0 Å². The average Bonchev–Trinajstić information content (AvgIpc) is 1.59. The fourth-order valence-electron chi connectivity index (χ4n) is 24.1. The summed E-state index contributed by atoms with van der Waals surface area (Å²) in [5.41, 5.74) is 34.5.